The Bertz CT molecular complexity index is 786. The number of H-pyrrole nitrogens is 1. The molecule has 2 N–H and O–H groups in total. The molecule has 0 saturated carbocycles. The predicted molar refractivity (Wildman–Crippen MR) is 88.3 cm³/mol. The molecule has 1 amide bonds. The van der Waals surface area contributed by atoms with Crippen LogP contribution >= 0.6 is 11.3 Å². The van der Waals surface area contributed by atoms with Gasteiger partial charge >= 0.3 is 0 Å². The highest BCUT2D eigenvalue weighted by molar-refractivity contribution is 7.17. The molecule has 0 unspecified atom stereocenters. The van der Waals surface area contributed by atoms with E-state index in [4.69, 9.17) is 0 Å². The van der Waals surface area contributed by atoms with Crippen LogP contribution in [-0.2, 0) is 6.42 Å². The molecule has 0 saturated heterocycles. The summed E-state index contributed by atoms with van der Waals surface area (Å²) in [5.41, 5.74) is 6.75. The lowest BCUT2D eigenvalue weighted by Gasteiger charge is -2.06. The van der Waals surface area contributed by atoms with Crippen LogP contribution in [0.25, 0.3) is 10.2 Å². The standard InChI is InChI=1S/C16H18N4OS/c1-10-12(11(2)20-19-10)6-4-8-17-16(21)13-5-3-7-14-15(13)22-9-18-14/h3,5,7,9H,4,6,8H2,1-2H3,(H,17,21)(H,19,20). The summed E-state index contributed by atoms with van der Waals surface area (Å²) >= 11 is 1.50. The lowest BCUT2D eigenvalue weighted by Crippen LogP contribution is -2.24. The van der Waals surface area contributed by atoms with Gasteiger partial charge in [-0.3, -0.25) is 9.89 Å². The van der Waals surface area contributed by atoms with Gasteiger partial charge in [0.25, 0.3) is 5.91 Å². The van der Waals surface area contributed by atoms with Crippen LogP contribution in [0.15, 0.2) is 23.7 Å². The highest BCUT2D eigenvalue weighted by Gasteiger charge is 2.11. The number of aryl methyl sites for hydroxylation is 2. The van der Waals surface area contributed by atoms with E-state index < -0.39 is 0 Å². The minimum atomic E-state index is -0.0320. The summed E-state index contributed by atoms with van der Waals surface area (Å²) in [4.78, 5) is 16.5. The van der Waals surface area contributed by atoms with Gasteiger partial charge in [0, 0.05) is 12.2 Å². The van der Waals surface area contributed by atoms with E-state index in [-0.39, 0.29) is 5.91 Å². The minimum Gasteiger partial charge on any atom is -0.352 e. The van der Waals surface area contributed by atoms with Crippen molar-refractivity contribution in [3.63, 3.8) is 0 Å². The van der Waals surface area contributed by atoms with Gasteiger partial charge in [0.05, 0.1) is 27.0 Å². The zero-order valence-corrected chi connectivity index (χ0v) is 13.5. The molecule has 0 aliphatic carbocycles. The quantitative estimate of drug-likeness (QED) is 0.711. The SMILES string of the molecule is Cc1n[nH]c(C)c1CCCNC(=O)c1cccc2ncsc12. The summed E-state index contributed by atoms with van der Waals surface area (Å²) in [6.07, 6.45) is 1.81. The third kappa shape index (κ3) is 2.87. The first-order valence-electron chi connectivity index (χ1n) is 7.27. The van der Waals surface area contributed by atoms with Crippen molar-refractivity contribution in [2.75, 3.05) is 6.54 Å². The number of aromatic amines is 1. The van der Waals surface area contributed by atoms with E-state index in [0.717, 1.165) is 34.4 Å². The Morgan fingerprint density at radius 1 is 1.36 bits per heavy atom. The van der Waals surface area contributed by atoms with Crippen LogP contribution in [0.3, 0.4) is 0 Å². The van der Waals surface area contributed by atoms with E-state index in [2.05, 4.69) is 20.5 Å². The molecule has 22 heavy (non-hydrogen) atoms. The van der Waals surface area contributed by atoms with E-state index in [1.165, 1.54) is 16.9 Å². The topological polar surface area (TPSA) is 70.7 Å². The second-order valence-corrected chi connectivity index (χ2v) is 6.13. The zero-order valence-electron chi connectivity index (χ0n) is 12.6. The number of fused-ring (bicyclic) bond motifs is 1. The Kier molecular flexibility index (Phi) is 4.20. The molecule has 0 fully saturated rings. The number of nitrogens with one attached hydrogen (secondary N) is 2. The van der Waals surface area contributed by atoms with Crippen LogP contribution in [0.2, 0.25) is 0 Å². The van der Waals surface area contributed by atoms with Crippen molar-refractivity contribution in [3.8, 4) is 0 Å². The normalized spacial score (nSPS) is 11.0. The Balaban J connectivity index is 1.58. The number of nitrogens with zero attached hydrogens (tertiary/aromatic N) is 2. The van der Waals surface area contributed by atoms with E-state index in [1.807, 2.05) is 32.0 Å². The van der Waals surface area contributed by atoms with Crippen molar-refractivity contribution < 1.29 is 4.79 Å². The van der Waals surface area contributed by atoms with Gasteiger partial charge in [-0.25, -0.2) is 4.98 Å². The fourth-order valence-corrected chi connectivity index (χ4v) is 3.37. The van der Waals surface area contributed by atoms with Gasteiger partial charge in [-0.15, -0.1) is 11.3 Å². The molecule has 6 heteroatoms. The van der Waals surface area contributed by atoms with Gasteiger partial charge in [0.1, 0.15) is 0 Å². The molecule has 0 bridgehead atoms. The van der Waals surface area contributed by atoms with Crippen molar-refractivity contribution in [2.24, 2.45) is 0 Å². The zero-order chi connectivity index (χ0) is 15.5. The van der Waals surface area contributed by atoms with Crippen molar-refractivity contribution in [2.45, 2.75) is 26.7 Å². The molecule has 2 heterocycles. The second-order valence-electron chi connectivity index (χ2n) is 5.28. The fourth-order valence-electron chi connectivity index (χ4n) is 2.57. The lowest BCUT2D eigenvalue weighted by molar-refractivity contribution is 0.0955. The van der Waals surface area contributed by atoms with Crippen molar-refractivity contribution >= 4 is 27.5 Å². The minimum absolute atomic E-state index is 0.0320. The number of carbonyl (C=O) groups is 1. The summed E-state index contributed by atoms with van der Waals surface area (Å²) < 4.78 is 0.946. The average Bonchev–Trinajstić information content (AvgIpc) is 3.11. The maximum atomic E-state index is 12.3. The molecule has 114 valence electrons. The van der Waals surface area contributed by atoms with Crippen LogP contribution in [0.4, 0.5) is 0 Å². The molecular formula is C16H18N4OS. The maximum Gasteiger partial charge on any atom is 0.252 e. The van der Waals surface area contributed by atoms with Crippen LogP contribution in [0.1, 0.15) is 33.7 Å². The number of amides is 1. The predicted octanol–water partition coefficient (Wildman–Crippen LogP) is 3.00. The molecule has 3 aromatic rings. The smallest absolute Gasteiger partial charge is 0.252 e. The Morgan fingerprint density at radius 2 is 2.23 bits per heavy atom. The van der Waals surface area contributed by atoms with Crippen molar-refractivity contribution in [3.05, 3.63) is 46.2 Å². The first kappa shape index (κ1) is 14.7. The molecule has 5 nitrogen and oxygen atoms in total. The van der Waals surface area contributed by atoms with Gasteiger partial charge in [0.2, 0.25) is 0 Å². The van der Waals surface area contributed by atoms with Crippen LogP contribution in [0.5, 0.6) is 0 Å². The molecule has 0 aliphatic heterocycles. The van der Waals surface area contributed by atoms with E-state index >= 15 is 0 Å². The monoisotopic (exact) mass is 314 g/mol. The highest BCUT2D eigenvalue weighted by atomic mass is 32.1. The van der Waals surface area contributed by atoms with Gasteiger partial charge in [0.15, 0.2) is 0 Å². The van der Waals surface area contributed by atoms with Crippen LogP contribution in [0, 0.1) is 13.8 Å². The number of thiazole rings is 1. The highest BCUT2D eigenvalue weighted by Crippen LogP contribution is 2.22. The molecule has 0 aliphatic rings. The third-order valence-electron chi connectivity index (χ3n) is 3.77. The van der Waals surface area contributed by atoms with E-state index in [1.54, 1.807) is 5.51 Å². The lowest BCUT2D eigenvalue weighted by atomic mass is 10.1. The summed E-state index contributed by atoms with van der Waals surface area (Å²) in [7, 11) is 0. The largest absolute Gasteiger partial charge is 0.352 e. The fraction of sp³-hybridized carbons (Fsp3) is 0.312. The van der Waals surface area contributed by atoms with E-state index in [0.29, 0.717) is 12.1 Å². The average molecular weight is 314 g/mol. The molecule has 3 rings (SSSR count). The Morgan fingerprint density at radius 3 is 3.00 bits per heavy atom. The van der Waals surface area contributed by atoms with Gasteiger partial charge in [-0.1, -0.05) is 6.07 Å². The summed E-state index contributed by atoms with van der Waals surface area (Å²) in [5.74, 6) is -0.0320. The third-order valence-corrected chi connectivity index (χ3v) is 4.65. The van der Waals surface area contributed by atoms with Crippen LogP contribution in [-0.4, -0.2) is 27.6 Å². The van der Waals surface area contributed by atoms with Gasteiger partial charge in [-0.2, -0.15) is 5.10 Å². The molecule has 0 spiro atoms. The number of hydrogen-bond donors (Lipinski definition) is 2. The molecule has 0 radical (unpaired) electrons. The number of carbonyl (C=O) groups excluding carboxylic acids is 1. The summed E-state index contributed by atoms with van der Waals surface area (Å²) in [5, 5.41) is 10.2. The van der Waals surface area contributed by atoms with Gasteiger partial charge < -0.3 is 5.32 Å². The van der Waals surface area contributed by atoms with Gasteiger partial charge in [-0.05, 0) is 44.4 Å². The number of benzene rings is 1. The Hall–Kier alpha value is -2.21. The van der Waals surface area contributed by atoms with Crippen molar-refractivity contribution in [1.29, 1.82) is 0 Å². The molecule has 0 atom stereocenters. The maximum absolute atomic E-state index is 12.3. The van der Waals surface area contributed by atoms with E-state index in [9.17, 15) is 4.79 Å². The molecule has 1 aromatic carbocycles. The number of aromatic nitrogens is 3. The summed E-state index contributed by atoms with van der Waals surface area (Å²) in [6, 6.07) is 5.64. The second kappa shape index (κ2) is 6.27. The van der Waals surface area contributed by atoms with Crippen molar-refractivity contribution in [1.82, 2.24) is 20.5 Å². The summed E-state index contributed by atoms with van der Waals surface area (Å²) in [6.45, 7) is 4.68. The molecular weight excluding hydrogens is 296 g/mol. The number of rotatable bonds is 5. The van der Waals surface area contributed by atoms with Crippen LogP contribution < -0.4 is 5.32 Å². The first-order valence-corrected chi connectivity index (χ1v) is 8.15. The molecule has 2 aromatic heterocycles. The Labute approximate surface area is 132 Å². The number of hydrogen-bond acceptors (Lipinski definition) is 4. The first-order chi connectivity index (χ1) is 10.7.